The number of hydrogen-bond donors (Lipinski definition) is 2. The molecule has 2 heterocycles. The Kier molecular flexibility index (Phi) is 6.49. The van der Waals surface area contributed by atoms with E-state index in [1.165, 1.54) is 0 Å². The van der Waals surface area contributed by atoms with Gasteiger partial charge in [-0.2, -0.15) is 11.3 Å². The molecule has 0 unspecified atom stereocenters. The number of rotatable bonds is 5. The summed E-state index contributed by atoms with van der Waals surface area (Å²) in [5.74, 6) is -3.49. The predicted molar refractivity (Wildman–Crippen MR) is 97.4 cm³/mol. The average Bonchev–Trinajstić information content (AvgIpc) is 3.20. The van der Waals surface area contributed by atoms with E-state index in [9.17, 15) is 18.4 Å². The first-order chi connectivity index (χ1) is 13.0. The van der Waals surface area contributed by atoms with Crippen molar-refractivity contribution < 1.29 is 23.1 Å². The fourth-order valence-electron chi connectivity index (χ4n) is 2.85. The second kappa shape index (κ2) is 9.03. The van der Waals surface area contributed by atoms with Crippen molar-refractivity contribution in [3.05, 3.63) is 52.2 Å². The Bertz CT molecular complexity index is 795. The number of morpholine rings is 1. The quantitative estimate of drug-likeness (QED) is 0.762. The largest absolute Gasteiger partial charge is 0.379 e. The first kappa shape index (κ1) is 19.4. The summed E-state index contributed by atoms with van der Waals surface area (Å²) in [7, 11) is 0. The smallest absolute Gasteiger partial charge is 0.313 e. The van der Waals surface area contributed by atoms with Gasteiger partial charge >= 0.3 is 11.8 Å². The summed E-state index contributed by atoms with van der Waals surface area (Å²) in [6.45, 7) is 2.87. The van der Waals surface area contributed by atoms with Crippen LogP contribution in [0.5, 0.6) is 0 Å². The van der Waals surface area contributed by atoms with E-state index >= 15 is 0 Å². The van der Waals surface area contributed by atoms with Crippen molar-refractivity contribution in [1.29, 1.82) is 0 Å². The van der Waals surface area contributed by atoms with Crippen LogP contribution in [-0.2, 0) is 14.3 Å². The van der Waals surface area contributed by atoms with Crippen molar-refractivity contribution in [2.45, 2.75) is 6.04 Å². The Morgan fingerprint density at radius 3 is 2.67 bits per heavy atom. The fourth-order valence-corrected chi connectivity index (χ4v) is 3.56. The summed E-state index contributed by atoms with van der Waals surface area (Å²) in [6, 6.07) is 4.51. The number of amides is 2. The highest BCUT2D eigenvalue weighted by atomic mass is 32.1. The monoisotopic (exact) mass is 395 g/mol. The highest BCUT2D eigenvalue weighted by Gasteiger charge is 2.25. The molecule has 1 aliphatic rings. The molecule has 3 rings (SSSR count). The summed E-state index contributed by atoms with van der Waals surface area (Å²) in [4.78, 5) is 26.3. The minimum Gasteiger partial charge on any atom is -0.379 e. The first-order valence-electron chi connectivity index (χ1n) is 8.42. The van der Waals surface area contributed by atoms with Crippen LogP contribution < -0.4 is 10.6 Å². The van der Waals surface area contributed by atoms with Gasteiger partial charge in [0.25, 0.3) is 0 Å². The molecule has 0 radical (unpaired) electrons. The van der Waals surface area contributed by atoms with Crippen LogP contribution in [-0.4, -0.2) is 49.6 Å². The molecule has 6 nitrogen and oxygen atoms in total. The Labute approximate surface area is 159 Å². The molecule has 1 aliphatic heterocycles. The van der Waals surface area contributed by atoms with Crippen molar-refractivity contribution in [1.82, 2.24) is 10.2 Å². The van der Waals surface area contributed by atoms with Crippen molar-refractivity contribution in [3.63, 3.8) is 0 Å². The summed E-state index contributed by atoms with van der Waals surface area (Å²) in [5.41, 5.74) is 0.663. The first-order valence-corrected chi connectivity index (χ1v) is 9.37. The molecule has 0 aliphatic carbocycles. The minimum atomic E-state index is -1.05. The standard InChI is InChI=1S/C18H19F2N3O3S/c19-13-1-2-14(20)15(9-13)22-18(25)17(24)21-10-16(12-3-8-27-11-12)23-4-6-26-7-5-23/h1-3,8-9,11,16H,4-7,10H2,(H,21,24)(H,22,25)/t16-/m1/s1. The number of benzene rings is 1. The molecular weight excluding hydrogens is 376 g/mol. The maximum atomic E-state index is 13.6. The normalized spacial score (nSPS) is 15.9. The third-order valence-corrected chi connectivity index (χ3v) is 4.95. The molecule has 2 N–H and O–H groups in total. The lowest BCUT2D eigenvalue weighted by atomic mass is 10.1. The van der Waals surface area contributed by atoms with Crippen molar-refractivity contribution in [2.24, 2.45) is 0 Å². The highest BCUT2D eigenvalue weighted by Crippen LogP contribution is 2.23. The Hall–Kier alpha value is -2.36. The maximum Gasteiger partial charge on any atom is 0.313 e. The molecule has 2 aromatic rings. The van der Waals surface area contributed by atoms with Crippen LogP contribution >= 0.6 is 11.3 Å². The van der Waals surface area contributed by atoms with E-state index in [1.807, 2.05) is 16.8 Å². The number of ether oxygens (including phenoxy) is 1. The lowest BCUT2D eigenvalue weighted by molar-refractivity contribution is -0.136. The van der Waals surface area contributed by atoms with Gasteiger partial charge in [0.2, 0.25) is 0 Å². The number of carbonyl (C=O) groups is 2. The van der Waals surface area contributed by atoms with Gasteiger partial charge < -0.3 is 15.4 Å². The van der Waals surface area contributed by atoms with Gasteiger partial charge in [0.1, 0.15) is 11.6 Å². The Morgan fingerprint density at radius 2 is 1.96 bits per heavy atom. The van der Waals surface area contributed by atoms with Gasteiger partial charge in [0, 0.05) is 25.7 Å². The zero-order valence-electron chi connectivity index (χ0n) is 14.4. The van der Waals surface area contributed by atoms with E-state index in [0.717, 1.165) is 36.9 Å². The van der Waals surface area contributed by atoms with Crippen LogP contribution in [0.3, 0.4) is 0 Å². The van der Waals surface area contributed by atoms with Crippen molar-refractivity contribution in [3.8, 4) is 0 Å². The number of anilines is 1. The number of nitrogens with one attached hydrogen (secondary N) is 2. The van der Waals surface area contributed by atoms with Crippen LogP contribution in [0.15, 0.2) is 35.0 Å². The van der Waals surface area contributed by atoms with Crippen molar-refractivity contribution in [2.75, 3.05) is 38.2 Å². The van der Waals surface area contributed by atoms with E-state index in [2.05, 4.69) is 15.5 Å². The molecule has 27 heavy (non-hydrogen) atoms. The zero-order chi connectivity index (χ0) is 19.2. The predicted octanol–water partition coefficient (Wildman–Crippen LogP) is 2.15. The van der Waals surface area contributed by atoms with Gasteiger partial charge in [0.05, 0.1) is 24.9 Å². The molecule has 9 heteroatoms. The Balaban J connectivity index is 1.61. The van der Waals surface area contributed by atoms with Gasteiger partial charge in [0.15, 0.2) is 0 Å². The van der Waals surface area contributed by atoms with Crippen LogP contribution in [0.2, 0.25) is 0 Å². The number of halogens is 2. The number of nitrogens with zero attached hydrogens (tertiary/aromatic N) is 1. The summed E-state index contributed by atoms with van der Waals surface area (Å²) in [6.07, 6.45) is 0. The van der Waals surface area contributed by atoms with E-state index < -0.39 is 23.4 Å². The van der Waals surface area contributed by atoms with Crippen LogP contribution in [0.4, 0.5) is 14.5 Å². The number of hydrogen-bond acceptors (Lipinski definition) is 5. The topological polar surface area (TPSA) is 70.7 Å². The molecule has 0 bridgehead atoms. The molecule has 0 saturated carbocycles. The zero-order valence-corrected chi connectivity index (χ0v) is 15.2. The molecule has 0 spiro atoms. The molecule has 1 fully saturated rings. The third kappa shape index (κ3) is 5.09. The molecule has 1 saturated heterocycles. The third-order valence-electron chi connectivity index (χ3n) is 4.25. The molecule has 144 valence electrons. The van der Waals surface area contributed by atoms with E-state index in [1.54, 1.807) is 11.3 Å². The summed E-state index contributed by atoms with van der Waals surface area (Å²) >= 11 is 1.55. The molecular formula is C18H19F2N3O3S. The summed E-state index contributed by atoms with van der Waals surface area (Å²) < 4.78 is 32.1. The van der Waals surface area contributed by atoms with Gasteiger partial charge in [-0.15, -0.1) is 0 Å². The van der Waals surface area contributed by atoms with Crippen LogP contribution in [0.1, 0.15) is 11.6 Å². The van der Waals surface area contributed by atoms with Gasteiger partial charge in [-0.05, 0) is 34.5 Å². The molecule has 1 atom stereocenters. The van der Waals surface area contributed by atoms with E-state index in [-0.39, 0.29) is 18.3 Å². The van der Waals surface area contributed by atoms with Gasteiger partial charge in [-0.25, -0.2) is 8.78 Å². The van der Waals surface area contributed by atoms with Gasteiger partial charge in [-0.3, -0.25) is 14.5 Å². The average molecular weight is 395 g/mol. The number of carbonyl (C=O) groups excluding carboxylic acids is 2. The van der Waals surface area contributed by atoms with E-state index in [0.29, 0.717) is 13.2 Å². The second-order valence-corrected chi connectivity index (χ2v) is 6.79. The van der Waals surface area contributed by atoms with Crippen LogP contribution in [0, 0.1) is 11.6 Å². The van der Waals surface area contributed by atoms with Gasteiger partial charge in [-0.1, -0.05) is 0 Å². The maximum absolute atomic E-state index is 13.6. The number of thiophene rings is 1. The van der Waals surface area contributed by atoms with E-state index in [4.69, 9.17) is 4.74 Å². The minimum absolute atomic E-state index is 0.0946. The molecule has 1 aromatic carbocycles. The molecule has 2 amide bonds. The second-order valence-electron chi connectivity index (χ2n) is 6.01. The lowest BCUT2D eigenvalue weighted by Crippen LogP contribution is -2.45. The highest BCUT2D eigenvalue weighted by molar-refractivity contribution is 7.08. The Morgan fingerprint density at radius 1 is 1.19 bits per heavy atom. The SMILES string of the molecule is O=C(NC[C@H](c1ccsc1)N1CCOCC1)C(=O)Nc1cc(F)ccc1F. The van der Waals surface area contributed by atoms with Crippen molar-refractivity contribution >= 4 is 28.8 Å². The lowest BCUT2D eigenvalue weighted by Gasteiger charge is -2.34. The molecule has 1 aromatic heterocycles. The van der Waals surface area contributed by atoms with Crippen LogP contribution in [0.25, 0.3) is 0 Å². The summed E-state index contributed by atoms with van der Waals surface area (Å²) in [5, 5.41) is 8.61. The fraction of sp³-hybridized carbons (Fsp3) is 0.333.